The van der Waals surface area contributed by atoms with Crippen molar-refractivity contribution in [2.45, 2.75) is 57.0 Å². The highest BCUT2D eigenvalue weighted by Gasteiger charge is 2.43. The molecule has 2 aliphatic heterocycles. The molecule has 2 fully saturated rings. The van der Waals surface area contributed by atoms with Crippen LogP contribution in [0.4, 0.5) is 0 Å². The molecule has 17 heavy (non-hydrogen) atoms. The van der Waals surface area contributed by atoms with E-state index in [1.807, 2.05) is 6.92 Å². The second-order valence-corrected chi connectivity index (χ2v) is 4.81. The third-order valence-corrected chi connectivity index (χ3v) is 3.58. The Balaban J connectivity index is 1.89. The van der Waals surface area contributed by atoms with E-state index in [9.17, 15) is 4.79 Å². The fraction of sp³-hybridized carbons (Fsp3) is 0.769. The van der Waals surface area contributed by atoms with Crippen molar-refractivity contribution in [3.63, 3.8) is 0 Å². The zero-order valence-corrected chi connectivity index (χ0v) is 10.5. The summed E-state index contributed by atoms with van der Waals surface area (Å²) in [5, 5.41) is 0. The standard InChI is InChI=1S/C13H20O4/c1-8(15-3)4-5-10-9(2)13-11(16-10)6-7-12(14)17-13/h8,10-11,13H,2,4-7H2,1,3H3/t8?,10?,11-,13-/m0/s1. The van der Waals surface area contributed by atoms with Crippen LogP contribution in [0.2, 0.25) is 0 Å². The molecule has 0 N–H and O–H groups in total. The lowest BCUT2D eigenvalue weighted by atomic mass is 9.97. The van der Waals surface area contributed by atoms with Gasteiger partial charge in [0.2, 0.25) is 0 Å². The number of fused-ring (bicyclic) bond motifs is 1. The maximum atomic E-state index is 11.2. The molecule has 0 radical (unpaired) electrons. The minimum absolute atomic E-state index is 0.00787. The fourth-order valence-corrected chi connectivity index (χ4v) is 2.38. The second kappa shape index (κ2) is 5.19. The number of carbonyl (C=O) groups is 1. The first kappa shape index (κ1) is 12.6. The monoisotopic (exact) mass is 240 g/mol. The second-order valence-electron chi connectivity index (χ2n) is 4.81. The van der Waals surface area contributed by atoms with E-state index in [1.54, 1.807) is 7.11 Å². The average Bonchev–Trinajstić information content (AvgIpc) is 2.63. The molecule has 0 aromatic rings. The molecule has 0 aromatic heterocycles. The smallest absolute Gasteiger partial charge is 0.306 e. The van der Waals surface area contributed by atoms with Crippen LogP contribution in [0.15, 0.2) is 12.2 Å². The minimum Gasteiger partial charge on any atom is -0.455 e. The number of hydrogen-bond donors (Lipinski definition) is 0. The molecule has 4 heteroatoms. The summed E-state index contributed by atoms with van der Waals surface area (Å²) in [4.78, 5) is 11.2. The summed E-state index contributed by atoms with van der Waals surface area (Å²) in [5.41, 5.74) is 0.909. The van der Waals surface area contributed by atoms with Crippen molar-refractivity contribution in [3.05, 3.63) is 12.2 Å². The first-order valence-corrected chi connectivity index (χ1v) is 6.18. The van der Waals surface area contributed by atoms with E-state index in [0.717, 1.165) is 24.8 Å². The summed E-state index contributed by atoms with van der Waals surface area (Å²) in [6.45, 7) is 6.05. The number of carbonyl (C=O) groups excluding carboxylic acids is 1. The van der Waals surface area contributed by atoms with Crippen molar-refractivity contribution in [3.8, 4) is 0 Å². The van der Waals surface area contributed by atoms with Gasteiger partial charge < -0.3 is 14.2 Å². The van der Waals surface area contributed by atoms with Gasteiger partial charge in [-0.1, -0.05) is 6.58 Å². The first-order valence-electron chi connectivity index (χ1n) is 6.18. The van der Waals surface area contributed by atoms with E-state index < -0.39 is 0 Å². The summed E-state index contributed by atoms with van der Waals surface area (Å²) in [6.07, 6.45) is 3.02. The van der Waals surface area contributed by atoms with Crippen molar-refractivity contribution in [1.29, 1.82) is 0 Å². The van der Waals surface area contributed by atoms with Crippen LogP contribution in [-0.4, -0.2) is 37.5 Å². The Morgan fingerprint density at radius 2 is 2.35 bits per heavy atom. The summed E-state index contributed by atoms with van der Waals surface area (Å²) in [6, 6.07) is 0. The zero-order valence-electron chi connectivity index (χ0n) is 10.5. The van der Waals surface area contributed by atoms with Crippen molar-refractivity contribution in [2.24, 2.45) is 0 Å². The van der Waals surface area contributed by atoms with Crippen LogP contribution >= 0.6 is 0 Å². The van der Waals surface area contributed by atoms with Crippen LogP contribution in [0.3, 0.4) is 0 Å². The molecular formula is C13H20O4. The third kappa shape index (κ3) is 2.69. The quantitative estimate of drug-likeness (QED) is 0.555. The van der Waals surface area contributed by atoms with E-state index >= 15 is 0 Å². The van der Waals surface area contributed by atoms with E-state index in [4.69, 9.17) is 14.2 Å². The molecule has 4 nitrogen and oxygen atoms in total. The predicted molar refractivity (Wildman–Crippen MR) is 62.6 cm³/mol. The maximum absolute atomic E-state index is 11.2. The van der Waals surface area contributed by atoms with E-state index in [1.165, 1.54) is 0 Å². The highest BCUT2D eigenvalue weighted by atomic mass is 16.6. The molecule has 0 aromatic carbocycles. The Morgan fingerprint density at radius 1 is 1.59 bits per heavy atom. The Labute approximate surface area is 102 Å². The van der Waals surface area contributed by atoms with E-state index in [-0.39, 0.29) is 30.4 Å². The van der Waals surface area contributed by atoms with E-state index in [0.29, 0.717) is 6.42 Å². The van der Waals surface area contributed by atoms with E-state index in [2.05, 4.69) is 6.58 Å². The van der Waals surface area contributed by atoms with Gasteiger partial charge in [0.15, 0.2) is 6.10 Å². The molecule has 0 aliphatic carbocycles. The molecule has 4 atom stereocenters. The van der Waals surface area contributed by atoms with Crippen molar-refractivity contribution >= 4 is 5.97 Å². The Bertz CT molecular complexity index is 313. The fourth-order valence-electron chi connectivity index (χ4n) is 2.38. The van der Waals surface area contributed by atoms with Crippen molar-refractivity contribution in [1.82, 2.24) is 0 Å². The zero-order chi connectivity index (χ0) is 12.4. The minimum atomic E-state index is -0.223. The number of rotatable bonds is 4. The lowest BCUT2D eigenvalue weighted by molar-refractivity contribution is -0.158. The number of methoxy groups -OCH3 is 1. The molecular weight excluding hydrogens is 220 g/mol. The highest BCUT2D eigenvalue weighted by molar-refractivity contribution is 5.71. The molecule has 0 amide bonds. The molecule has 2 unspecified atom stereocenters. The Morgan fingerprint density at radius 3 is 3.06 bits per heavy atom. The molecule has 0 saturated carbocycles. The van der Waals surface area contributed by atoms with Gasteiger partial charge in [0.1, 0.15) is 0 Å². The third-order valence-electron chi connectivity index (χ3n) is 3.58. The topological polar surface area (TPSA) is 44.8 Å². The van der Waals surface area contributed by atoms with Gasteiger partial charge in [-0.3, -0.25) is 4.79 Å². The summed E-state index contributed by atoms with van der Waals surface area (Å²) in [7, 11) is 1.70. The van der Waals surface area contributed by atoms with Crippen molar-refractivity contribution in [2.75, 3.05) is 7.11 Å². The molecule has 0 spiro atoms. The van der Waals surface area contributed by atoms with Gasteiger partial charge in [-0.2, -0.15) is 0 Å². The van der Waals surface area contributed by atoms with Crippen LogP contribution in [0.1, 0.15) is 32.6 Å². The molecule has 2 heterocycles. The number of ether oxygens (including phenoxy) is 3. The molecule has 2 rings (SSSR count). The van der Waals surface area contributed by atoms with Gasteiger partial charge in [0.25, 0.3) is 0 Å². The lowest BCUT2D eigenvalue weighted by Crippen LogP contribution is -2.33. The van der Waals surface area contributed by atoms with Gasteiger partial charge in [-0.05, 0) is 31.8 Å². The summed E-state index contributed by atoms with van der Waals surface area (Å²) < 4.78 is 16.4. The average molecular weight is 240 g/mol. The number of hydrogen-bond acceptors (Lipinski definition) is 4. The maximum Gasteiger partial charge on any atom is 0.306 e. The van der Waals surface area contributed by atoms with Gasteiger partial charge in [0, 0.05) is 13.5 Å². The van der Waals surface area contributed by atoms with Gasteiger partial charge in [0.05, 0.1) is 18.3 Å². The Kier molecular flexibility index (Phi) is 3.84. The predicted octanol–water partition coefficient (Wildman–Crippen LogP) is 1.83. The van der Waals surface area contributed by atoms with Crippen LogP contribution in [0.5, 0.6) is 0 Å². The van der Waals surface area contributed by atoms with Crippen LogP contribution in [-0.2, 0) is 19.0 Å². The first-order chi connectivity index (χ1) is 8.11. The molecule has 0 bridgehead atoms. The van der Waals surface area contributed by atoms with Crippen LogP contribution < -0.4 is 0 Å². The normalized spacial score (nSPS) is 34.4. The van der Waals surface area contributed by atoms with Crippen LogP contribution in [0.25, 0.3) is 0 Å². The SMILES string of the molecule is C=C1C(CCC(C)OC)O[C@H]2CCC(=O)O[C@@H]12. The molecule has 2 saturated heterocycles. The summed E-state index contributed by atoms with van der Waals surface area (Å²) in [5.74, 6) is -0.137. The summed E-state index contributed by atoms with van der Waals surface area (Å²) >= 11 is 0. The van der Waals surface area contributed by atoms with Gasteiger partial charge >= 0.3 is 5.97 Å². The highest BCUT2D eigenvalue weighted by Crippen LogP contribution is 2.35. The molecule has 2 aliphatic rings. The van der Waals surface area contributed by atoms with Crippen LogP contribution in [0, 0.1) is 0 Å². The number of esters is 1. The molecule has 96 valence electrons. The van der Waals surface area contributed by atoms with Gasteiger partial charge in [-0.25, -0.2) is 0 Å². The largest absolute Gasteiger partial charge is 0.455 e. The Hall–Kier alpha value is -0.870. The van der Waals surface area contributed by atoms with Crippen molar-refractivity contribution < 1.29 is 19.0 Å². The van der Waals surface area contributed by atoms with Gasteiger partial charge in [-0.15, -0.1) is 0 Å². The lowest BCUT2D eigenvalue weighted by Gasteiger charge is -2.23.